The topological polar surface area (TPSA) is 91.1 Å². The van der Waals surface area contributed by atoms with Crippen LogP contribution in [-0.4, -0.2) is 71.8 Å². The highest BCUT2D eigenvalue weighted by Gasteiger charge is 2.37. The van der Waals surface area contributed by atoms with Crippen molar-refractivity contribution in [2.75, 3.05) is 39.9 Å². The summed E-state index contributed by atoms with van der Waals surface area (Å²) in [6, 6.07) is 19.5. The average Bonchev–Trinajstić information content (AvgIpc) is 3.48. The van der Waals surface area contributed by atoms with Crippen molar-refractivity contribution in [3.05, 3.63) is 105 Å². The van der Waals surface area contributed by atoms with Gasteiger partial charge in [0.1, 0.15) is 36.5 Å². The van der Waals surface area contributed by atoms with Crippen LogP contribution in [0.4, 0.5) is 8.78 Å². The number of hydrogen-bond donors (Lipinski definition) is 1. The highest BCUT2D eigenvalue weighted by molar-refractivity contribution is 6.32. The predicted octanol–water partition coefficient (Wildman–Crippen LogP) is 7.97. The molecule has 1 aliphatic rings. The van der Waals surface area contributed by atoms with Crippen LogP contribution in [0, 0.1) is 25.2 Å². The van der Waals surface area contributed by atoms with Crippen molar-refractivity contribution >= 4 is 11.6 Å². The van der Waals surface area contributed by atoms with E-state index >= 15 is 0 Å². The zero-order valence-corrected chi connectivity index (χ0v) is 30.3. The summed E-state index contributed by atoms with van der Waals surface area (Å²) in [5.74, 6) is -0.773. The number of rotatable bonds is 16. The number of ether oxygens (including phenoxy) is 3. The minimum Gasteiger partial charge on any atom is -0.493 e. The van der Waals surface area contributed by atoms with Gasteiger partial charge in [0, 0.05) is 61.7 Å². The van der Waals surface area contributed by atoms with Crippen LogP contribution in [0.3, 0.4) is 0 Å². The molecule has 1 unspecified atom stereocenters. The second-order valence-corrected chi connectivity index (χ2v) is 13.6. The number of aliphatic hydroxyl groups is 1. The van der Waals surface area contributed by atoms with Crippen molar-refractivity contribution in [3.8, 4) is 34.4 Å². The first-order chi connectivity index (χ1) is 24.5. The third kappa shape index (κ3) is 9.95. The molecule has 270 valence electrons. The van der Waals surface area contributed by atoms with E-state index in [1.54, 1.807) is 23.2 Å². The number of aromatic nitrogens is 1. The number of benzene rings is 3. The lowest BCUT2D eigenvalue weighted by molar-refractivity contribution is 0.0118. The Hall–Kier alpha value is -4.27. The van der Waals surface area contributed by atoms with E-state index in [-0.39, 0.29) is 38.8 Å². The summed E-state index contributed by atoms with van der Waals surface area (Å²) >= 11 is 6.78. The molecule has 1 atom stereocenters. The Morgan fingerprint density at radius 2 is 1.73 bits per heavy atom. The first-order valence-electron chi connectivity index (χ1n) is 17.1. The van der Waals surface area contributed by atoms with Gasteiger partial charge in [0.05, 0.1) is 30.3 Å². The van der Waals surface area contributed by atoms with E-state index in [0.717, 1.165) is 44.7 Å². The molecule has 0 spiro atoms. The van der Waals surface area contributed by atoms with Gasteiger partial charge in [-0.1, -0.05) is 41.9 Å². The second kappa shape index (κ2) is 17.3. The number of halogens is 3. The van der Waals surface area contributed by atoms with Crippen molar-refractivity contribution < 1.29 is 28.1 Å². The van der Waals surface area contributed by atoms with E-state index in [9.17, 15) is 19.1 Å². The van der Waals surface area contributed by atoms with Crippen LogP contribution in [0.25, 0.3) is 11.1 Å². The maximum Gasteiger partial charge on any atom is 0.261 e. The normalized spacial score (nSPS) is 14.7. The van der Waals surface area contributed by atoms with Crippen molar-refractivity contribution in [1.82, 2.24) is 14.8 Å². The molecule has 3 aromatic carbocycles. The first kappa shape index (κ1) is 38.0. The smallest absolute Gasteiger partial charge is 0.261 e. The van der Waals surface area contributed by atoms with E-state index in [4.69, 9.17) is 25.8 Å². The lowest BCUT2D eigenvalue weighted by Crippen LogP contribution is -2.31. The molecule has 0 amide bonds. The molecule has 0 aliphatic carbocycles. The van der Waals surface area contributed by atoms with Crippen molar-refractivity contribution in [3.63, 3.8) is 0 Å². The van der Waals surface area contributed by atoms with Crippen LogP contribution in [-0.2, 0) is 19.8 Å². The summed E-state index contributed by atoms with van der Waals surface area (Å²) < 4.78 is 45.8. The summed E-state index contributed by atoms with van der Waals surface area (Å²) in [5.41, 5.74) is 7.17. The molecule has 8 nitrogen and oxygen atoms in total. The van der Waals surface area contributed by atoms with Gasteiger partial charge in [-0.2, -0.15) is 5.26 Å². The van der Waals surface area contributed by atoms with Crippen LogP contribution in [0.1, 0.15) is 53.1 Å². The Kier molecular flexibility index (Phi) is 12.9. The molecule has 11 heteroatoms. The highest BCUT2D eigenvalue weighted by Crippen LogP contribution is 2.37. The van der Waals surface area contributed by atoms with Gasteiger partial charge < -0.3 is 19.3 Å². The van der Waals surface area contributed by atoms with Crippen LogP contribution in [0.5, 0.6) is 17.2 Å². The van der Waals surface area contributed by atoms with Crippen LogP contribution in [0.2, 0.25) is 5.02 Å². The standard InChI is InChI=1S/C40H45ClF2N4O4/c1-27(23-48)46(4)22-33-17-36(41)39(18-38(33)50-24-31-16-30(19-44)20-45-21-31)51-25-32-8-5-9-34(28(32)2)35-10-6-11-37(29(35)3)49-15-7-13-47-14-12-40(42,43)26-47/h5-6,8-11,16-18,20-21,27,48H,7,12-15,22-26H2,1-4H3. The number of alkyl halides is 2. The van der Waals surface area contributed by atoms with Gasteiger partial charge in [0.25, 0.3) is 5.92 Å². The molecule has 0 radical (unpaired) electrons. The predicted molar refractivity (Wildman–Crippen MR) is 195 cm³/mol. The van der Waals surface area contributed by atoms with Crippen molar-refractivity contribution in [2.24, 2.45) is 0 Å². The minimum absolute atomic E-state index is 0.00802. The molecule has 5 rings (SSSR count). The molecule has 2 heterocycles. The third-order valence-corrected chi connectivity index (χ3v) is 9.69. The van der Waals surface area contributed by atoms with E-state index in [1.165, 1.54) is 6.20 Å². The molecule has 0 saturated carbocycles. The van der Waals surface area contributed by atoms with Gasteiger partial charge in [0.15, 0.2) is 0 Å². The number of aliphatic hydroxyl groups excluding tert-OH is 1. The molecule has 0 bridgehead atoms. The first-order valence-corrected chi connectivity index (χ1v) is 17.5. The largest absolute Gasteiger partial charge is 0.493 e. The van der Waals surface area contributed by atoms with E-state index in [0.29, 0.717) is 54.7 Å². The third-order valence-electron chi connectivity index (χ3n) is 9.40. The number of pyridine rings is 1. The monoisotopic (exact) mass is 718 g/mol. The van der Waals surface area contributed by atoms with Gasteiger partial charge in [0.2, 0.25) is 0 Å². The van der Waals surface area contributed by atoms with Gasteiger partial charge in [-0.05, 0) is 80.3 Å². The number of nitrogens with zero attached hydrogens (tertiary/aromatic N) is 4. The maximum atomic E-state index is 13.5. The molecular weight excluding hydrogens is 674 g/mol. The van der Waals surface area contributed by atoms with Crippen LogP contribution >= 0.6 is 11.6 Å². The zero-order valence-electron chi connectivity index (χ0n) is 29.6. The Labute approximate surface area is 304 Å². The number of nitriles is 1. The lowest BCUT2D eigenvalue weighted by Gasteiger charge is -2.24. The second-order valence-electron chi connectivity index (χ2n) is 13.2. The SMILES string of the molecule is Cc1c(COc2cc(OCc3cncc(C#N)c3)c(CN(C)C(C)CO)cc2Cl)cccc1-c1cccc(OCCCN2CCC(F)(F)C2)c1C. The van der Waals surface area contributed by atoms with Crippen LogP contribution in [0.15, 0.2) is 67.0 Å². The van der Waals surface area contributed by atoms with Crippen molar-refractivity contribution in [1.29, 1.82) is 5.26 Å². The molecule has 51 heavy (non-hydrogen) atoms. The Morgan fingerprint density at radius 1 is 0.980 bits per heavy atom. The molecule has 4 aromatic rings. The lowest BCUT2D eigenvalue weighted by atomic mass is 9.93. The maximum absolute atomic E-state index is 13.5. The molecule has 1 aromatic heterocycles. The quantitative estimate of drug-likeness (QED) is 0.117. The zero-order chi connectivity index (χ0) is 36.5. The van der Waals surface area contributed by atoms with Gasteiger partial charge >= 0.3 is 0 Å². The van der Waals surface area contributed by atoms with E-state index in [2.05, 4.69) is 30.1 Å². The Bertz CT molecular complexity index is 1850. The summed E-state index contributed by atoms with van der Waals surface area (Å²) in [6.45, 7) is 8.25. The summed E-state index contributed by atoms with van der Waals surface area (Å²) in [4.78, 5) is 7.94. The highest BCUT2D eigenvalue weighted by atomic mass is 35.5. The molecule has 1 saturated heterocycles. The Balaban J connectivity index is 1.30. The van der Waals surface area contributed by atoms with Gasteiger partial charge in [-0.3, -0.25) is 14.8 Å². The number of likely N-dealkylation sites (N-methyl/N-ethyl adjacent to an activating group) is 1. The summed E-state index contributed by atoms with van der Waals surface area (Å²) in [5, 5.41) is 19.4. The fourth-order valence-electron chi connectivity index (χ4n) is 6.11. The molecule has 1 N–H and O–H groups in total. The average molecular weight is 719 g/mol. The van der Waals surface area contributed by atoms with Gasteiger partial charge in [-0.25, -0.2) is 8.78 Å². The molecular formula is C40H45ClF2N4O4. The van der Waals surface area contributed by atoms with E-state index < -0.39 is 5.92 Å². The summed E-state index contributed by atoms with van der Waals surface area (Å²) in [6.07, 6.45) is 3.76. The minimum atomic E-state index is -2.58. The van der Waals surface area contributed by atoms with Crippen molar-refractivity contribution in [2.45, 2.75) is 65.3 Å². The number of likely N-dealkylation sites (tertiary alicyclic amines) is 1. The number of hydrogen-bond acceptors (Lipinski definition) is 8. The molecule has 1 fully saturated rings. The molecule has 1 aliphatic heterocycles. The Morgan fingerprint density at radius 3 is 2.45 bits per heavy atom. The summed E-state index contributed by atoms with van der Waals surface area (Å²) in [7, 11) is 1.92. The van der Waals surface area contributed by atoms with E-state index in [1.807, 2.05) is 56.1 Å². The fourth-order valence-corrected chi connectivity index (χ4v) is 6.36. The van der Waals surface area contributed by atoms with Crippen LogP contribution < -0.4 is 14.2 Å². The van der Waals surface area contributed by atoms with Gasteiger partial charge in [-0.15, -0.1) is 0 Å². The fraction of sp³-hybridized carbons (Fsp3) is 0.400.